The average Bonchev–Trinajstić information content (AvgIpc) is 2.61. The number of rotatable bonds is 3. The molecule has 2 aromatic rings. The Balaban J connectivity index is 1.66. The van der Waals surface area contributed by atoms with Crippen LogP contribution in [0.25, 0.3) is 0 Å². The second kappa shape index (κ2) is 6.58. The van der Waals surface area contributed by atoms with Crippen molar-refractivity contribution in [3.63, 3.8) is 0 Å². The van der Waals surface area contributed by atoms with Crippen LogP contribution >= 0.6 is 0 Å². The molecule has 132 valence electrons. The van der Waals surface area contributed by atoms with Gasteiger partial charge in [-0.1, -0.05) is 0 Å². The van der Waals surface area contributed by atoms with E-state index in [9.17, 15) is 18.0 Å². The number of hydrogen-bond donors (Lipinski definition) is 1. The molecule has 1 aliphatic rings. The summed E-state index contributed by atoms with van der Waals surface area (Å²) < 4.78 is 37.8. The number of nitrogens with two attached hydrogens (primary N) is 1. The lowest BCUT2D eigenvalue weighted by molar-refractivity contribution is -0.137. The highest BCUT2D eigenvalue weighted by atomic mass is 19.4. The summed E-state index contributed by atoms with van der Waals surface area (Å²) in [6, 6.07) is 5.60. The number of alkyl halides is 3. The third-order valence-corrected chi connectivity index (χ3v) is 4.03. The van der Waals surface area contributed by atoms with Crippen LogP contribution in [0.3, 0.4) is 0 Å². The standard InChI is InChI=1S/C16H16F3N5O/c17-16(18,19)12-1-2-13(22-10-12)23-5-7-24(8-6-23)14-9-11(15(20)25)3-4-21-14/h1-4,9-10H,5-8H2,(H2,20,25). The van der Waals surface area contributed by atoms with Crippen LogP contribution in [0.5, 0.6) is 0 Å². The van der Waals surface area contributed by atoms with E-state index in [1.165, 1.54) is 12.3 Å². The van der Waals surface area contributed by atoms with Crippen molar-refractivity contribution in [2.24, 2.45) is 5.73 Å². The molecule has 0 saturated carbocycles. The van der Waals surface area contributed by atoms with E-state index in [-0.39, 0.29) is 0 Å². The van der Waals surface area contributed by atoms with Crippen LogP contribution in [0.1, 0.15) is 15.9 Å². The summed E-state index contributed by atoms with van der Waals surface area (Å²) >= 11 is 0. The van der Waals surface area contributed by atoms with Gasteiger partial charge in [0, 0.05) is 44.1 Å². The van der Waals surface area contributed by atoms with E-state index in [0.717, 1.165) is 12.3 Å². The molecule has 25 heavy (non-hydrogen) atoms. The number of carbonyl (C=O) groups excluding carboxylic acids is 1. The van der Waals surface area contributed by atoms with Gasteiger partial charge in [0.15, 0.2) is 0 Å². The Morgan fingerprint density at radius 3 is 2.16 bits per heavy atom. The van der Waals surface area contributed by atoms with Crippen LogP contribution in [0.15, 0.2) is 36.7 Å². The second-order valence-corrected chi connectivity index (χ2v) is 5.64. The molecule has 0 atom stereocenters. The van der Waals surface area contributed by atoms with Gasteiger partial charge in [-0.25, -0.2) is 9.97 Å². The molecular weight excluding hydrogens is 335 g/mol. The number of amides is 1. The molecule has 3 rings (SSSR count). The highest BCUT2D eigenvalue weighted by molar-refractivity contribution is 5.93. The summed E-state index contributed by atoms with van der Waals surface area (Å²) in [7, 11) is 0. The Kier molecular flexibility index (Phi) is 4.47. The van der Waals surface area contributed by atoms with Gasteiger partial charge in [-0.05, 0) is 24.3 Å². The molecule has 0 radical (unpaired) electrons. The first-order chi connectivity index (χ1) is 11.8. The van der Waals surface area contributed by atoms with Crippen molar-refractivity contribution in [3.8, 4) is 0 Å². The molecule has 0 bridgehead atoms. The maximum atomic E-state index is 12.6. The van der Waals surface area contributed by atoms with Crippen molar-refractivity contribution in [3.05, 3.63) is 47.8 Å². The van der Waals surface area contributed by atoms with Crippen LogP contribution in [-0.4, -0.2) is 42.1 Å². The van der Waals surface area contributed by atoms with E-state index in [0.29, 0.717) is 43.4 Å². The third kappa shape index (κ3) is 3.81. The number of pyridine rings is 2. The van der Waals surface area contributed by atoms with Gasteiger partial charge in [0.05, 0.1) is 5.56 Å². The number of primary amides is 1. The SMILES string of the molecule is NC(=O)c1ccnc(N2CCN(c3ccc(C(F)(F)F)cn3)CC2)c1. The molecule has 1 fully saturated rings. The number of aromatic nitrogens is 2. The Morgan fingerprint density at radius 2 is 1.64 bits per heavy atom. The maximum absolute atomic E-state index is 12.6. The van der Waals surface area contributed by atoms with Gasteiger partial charge in [0.2, 0.25) is 5.91 Å². The molecule has 0 aromatic carbocycles. The van der Waals surface area contributed by atoms with Gasteiger partial charge >= 0.3 is 6.18 Å². The van der Waals surface area contributed by atoms with Crippen LogP contribution < -0.4 is 15.5 Å². The fraction of sp³-hybridized carbons (Fsp3) is 0.312. The number of hydrogen-bond acceptors (Lipinski definition) is 5. The number of anilines is 2. The molecule has 1 saturated heterocycles. The summed E-state index contributed by atoms with van der Waals surface area (Å²) in [5, 5.41) is 0. The number of piperazine rings is 1. The summed E-state index contributed by atoms with van der Waals surface area (Å²) in [5.41, 5.74) is 4.90. The van der Waals surface area contributed by atoms with Crippen LogP contribution in [-0.2, 0) is 6.18 Å². The van der Waals surface area contributed by atoms with E-state index in [2.05, 4.69) is 9.97 Å². The Hall–Kier alpha value is -2.84. The summed E-state index contributed by atoms with van der Waals surface area (Å²) in [4.78, 5) is 23.3. The molecule has 1 amide bonds. The minimum absolute atomic E-state index is 0.386. The Bertz CT molecular complexity index is 755. The zero-order chi connectivity index (χ0) is 18.0. The van der Waals surface area contributed by atoms with Gasteiger partial charge < -0.3 is 15.5 Å². The van der Waals surface area contributed by atoms with Gasteiger partial charge in [-0.2, -0.15) is 13.2 Å². The molecule has 9 heteroatoms. The zero-order valence-corrected chi connectivity index (χ0v) is 13.2. The summed E-state index contributed by atoms with van der Waals surface area (Å²) in [6.45, 7) is 2.39. The second-order valence-electron chi connectivity index (χ2n) is 5.64. The summed E-state index contributed by atoms with van der Waals surface area (Å²) in [5.74, 6) is 0.638. The van der Waals surface area contributed by atoms with Crippen molar-refractivity contribution >= 4 is 17.5 Å². The highest BCUT2D eigenvalue weighted by Crippen LogP contribution is 2.29. The van der Waals surface area contributed by atoms with Crippen LogP contribution in [0, 0.1) is 0 Å². The first kappa shape index (κ1) is 17.0. The predicted octanol–water partition coefficient (Wildman–Crippen LogP) is 1.92. The molecule has 0 unspecified atom stereocenters. The zero-order valence-electron chi connectivity index (χ0n) is 13.2. The minimum Gasteiger partial charge on any atom is -0.366 e. The lowest BCUT2D eigenvalue weighted by Crippen LogP contribution is -2.47. The molecule has 3 heterocycles. The molecule has 0 aliphatic carbocycles. The van der Waals surface area contributed by atoms with Gasteiger partial charge in [-0.15, -0.1) is 0 Å². The quantitative estimate of drug-likeness (QED) is 0.914. The largest absolute Gasteiger partial charge is 0.417 e. The van der Waals surface area contributed by atoms with E-state index >= 15 is 0 Å². The molecule has 1 aliphatic heterocycles. The van der Waals surface area contributed by atoms with E-state index in [4.69, 9.17) is 5.73 Å². The number of nitrogens with zero attached hydrogens (tertiary/aromatic N) is 4. The fourth-order valence-electron chi connectivity index (χ4n) is 2.65. The number of carbonyl (C=O) groups is 1. The fourth-order valence-corrected chi connectivity index (χ4v) is 2.65. The predicted molar refractivity (Wildman–Crippen MR) is 86.4 cm³/mol. The molecular formula is C16H16F3N5O. The first-order valence-electron chi connectivity index (χ1n) is 7.63. The lowest BCUT2D eigenvalue weighted by Gasteiger charge is -2.36. The van der Waals surface area contributed by atoms with Gasteiger partial charge in [-0.3, -0.25) is 4.79 Å². The van der Waals surface area contributed by atoms with Gasteiger partial charge in [0.1, 0.15) is 11.6 Å². The summed E-state index contributed by atoms with van der Waals surface area (Å²) in [6.07, 6.45) is -2.01. The maximum Gasteiger partial charge on any atom is 0.417 e. The van der Waals surface area contributed by atoms with Crippen molar-refractivity contribution in [2.45, 2.75) is 6.18 Å². The molecule has 0 spiro atoms. The van der Waals surface area contributed by atoms with Crippen LogP contribution in [0.2, 0.25) is 0 Å². The molecule has 2 aromatic heterocycles. The molecule has 6 nitrogen and oxygen atoms in total. The van der Waals surface area contributed by atoms with E-state index in [1.807, 2.05) is 9.80 Å². The average molecular weight is 351 g/mol. The molecule has 2 N–H and O–H groups in total. The number of halogens is 3. The van der Waals surface area contributed by atoms with Crippen molar-refractivity contribution in [2.75, 3.05) is 36.0 Å². The lowest BCUT2D eigenvalue weighted by atomic mass is 10.2. The normalized spacial score (nSPS) is 15.3. The Labute approximate surface area is 142 Å². The Morgan fingerprint density at radius 1 is 1.00 bits per heavy atom. The van der Waals surface area contributed by atoms with Gasteiger partial charge in [0.25, 0.3) is 0 Å². The third-order valence-electron chi connectivity index (χ3n) is 4.03. The topological polar surface area (TPSA) is 75.4 Å². The van der Waals surface area contributed by atoms with E-state index < -0.39 is 17.6 Å². The van der Waals surface area contributed by atoms with Crippen molar-refractivity contribution in [1.82, 2.24) is 9.97 Å². The highest BCUT2D eigenvalue weighted by Gasteiger charge is 2.31. The van der Waals surface area contributed by atoms with Crippen molar-refractivity contribution in [1.29, 1.82) is 0 Å². The van der Waals surface area contributed by atoms with Crippen LogP contribution in [0.4, 0.5) is 24.8 Å². The minimum atomic E-state index is -4.39. The smallest absolute Gasteiger partial charge is 0.366 e. The van der Waals surface area contributed by atoms with E-state index in [1.54, 1.807) is 12.1 Å². The van der Waals surface area contributed by atoms with Crippen molar-refractivity contribution < 1.29 is 18.0 Å². The monoisotopic (exact) mass is 351 g/mol. The first-order valence-corrected chi connectivity index (χ1v) is 7.63.